The zero-order chi connectivity index (χ0) is 17.2. The van der Waals surface area contributed by atoms with Gasteiger partial charge in [-0.3, -0.25) is 9.59 Å². The van der Waals surface area contributed by atoms with Crippen LogP contribution in [-0.4, -0.2) is 88.3 Å². The van der Waals surface area contributed by atoms with E-state index in [1.165, 1.54) is 11.5 Å². The van der Waals surface area contributed by atoms with Gasteiger partial charge in [-0.05, 0) is 24.5 Å². The van der Waals surface area contributed by atoms with E-state index in [-0.39, 0.29) is 23.8 Å². The van der Waals surface area contributed by atoms with Crippen molar-refractivity contribution < 1.29 is 9.59 Å². The van der Waals surface area contributed by atoms with Crippen LogP contribution in [0.4, 0.5) is 5.13 Å². The van der Waals surface area contributed by atoms with Gasteiger partial charge in [-0.2, -0.15) is 0 Å². The molecule has 0 aromatic carbocycles. The second-order valence-electron chi connectivity index (χ2n) is 6.88. The van der Waals surface area contributed by atoms with Crippen molar-refractivity contribution in [2.45, 2.75) is 25.3 Å². The summed E-state index contributed by atoms with van der Waals surface area (Å²) in [7, 11) is 0. The minimum atomic E-state index is -0.194. The lowest BCUT2D eigenvalue weighted by Gasteiger charge is -2.35. The molecule has 9 nitrogen and oxygen atoms in total. The van der Waals surface area contributed by atoms with Crippen molar-refractivity contribution in [1.82, 2.24) is 29.9 Å². The number of likely N-dealkylation sites (tertiary alicyclic amines) is 1. The van der Waals surface area contributed by atoms with Crippen LogP contribution in [0.3, 0.4) is 0 Å². The molecule has 1 N–H and O–H groups in total. The summed E-state index contributed by atoms with van der Waals surface area (Å²) in [5, 5.41) is 11.7. The third-order valence-corrected chi connectivity index (χ3v) is 6.00. The smallest absolute Gasteiger partial charge is 0.239 e. The molecule has 4 rings (SSSR count). The molecule has 2 atom stereocenters. The molecular formula is C15H23N7O2S. The summed E-state index contributed by atoms with van der Waals surface area (Å²) in [6.07, 6.45) is 2.80. The van der Waals surface area contributed by atoms with Gasteiger partial charge < -0.3 is 20.0 Å². The molecule has 0 radical (unpaired) electrons. The summed E-state index contributed by atoms with van der Waals surface area (Å²) in [6, 6.07) is -0.194. The van der Waals surface area contributed by atoms with Crippen LogP contribution in [0.2, 0.25) is 0 Å². The molecule has 0 aliphatic carbocycles. The Morgan fingerprint density at radius 2 is 1.72 bits per heavy atom. The third kappa shape index (κ3) is 3.45. The van der Waals surface area contributed by atoms with E-state index in [4.69, 9.17) is 0 Å². The van der Waals surface area contributed by atoms with Crippen molar-refractivity contribution in [1.29, 1.82) is 0 Å². The summed E-state index contributed by atoms with van der Waals surface area (Å²) in [5.41, 5.74) is 0. The van der Waals surface area contributed by atoms with Gasteiger partial charge in [0.1, 0.15) is 0 Å². The first kappa shape index (κ1) is 16.6. The molecule has 3 aliphatic heterocycles. The molecular weight excluding hydrogens is 342 g/mol. The summed E-state index contributed by atoms with van der Waals surface area (Å²) >= 11 is 1.28. The van der Waals surface area contributed by atoms with Crippen molar-refractivity contribution in [2.24, 2.45) is 5.92 Å². The zero-order valence-corrected chi connectivity index (χ0v) is 15.0. The van der Waals surface area contributed by atoms with Gasteiger partial charge in [-0.1, -0.05) is 9.59 Å². The van der Waals surface area contributed by atoms with Crippen LogP contribution in [0.25, 0.3) is 0 Å². The highest BCUT2D eigenvalue weighted by atomic mass is 32.1. The number of amides is 2. The Bertz CT molecular complexity index is 611. The number of anilines is 1. The Morgan fingerprint density at radius 1 is 1.00 bits per heavy atom. The lowest BCUT2D eigenvalue weighted by molar-refractivity contribution is -0.135. The van der Waals surface area contributed by atoms with Crippen molar-refractivity contribution in [3.05, 3.63) is 0 Å². The summed E-state index contributed by atoms with van der Waals surface area (Å²) in [4.78, 5) is 31.2. The lowest BCUT2D eigenvalue weighted by atomic mass is 10.0. The molecule has 0 unspecified atom stereocenters. The molecule has 25 heavy (non-hydrogen) atoms. The van der Waals surface area contributed by atoms with E-state index in [2.05, 4.69) is 25.0 Å². The van der Waals surface area contributed by atoms with Gasteiger partial charge in [0.25, 0.3) is 0 Å². The number of aromatic nitrogens is 3. The number of rotatable bonds is 3. The van der Waals surface area contributed by atoms with E-state index in [0.717, 1.165) is 44.2 Å². The molecule has 0 bridgehead atoms. The first-order chi connectivity index (χ1) is 12.2. The van der Waals surface area contributed by atoms with Crippen molar-refractivity contribution in [3.63, 3.8) is 0 Å². The maximum Gasteiger partial charge on any atom is 0.239 e. The maximum atomic E-state index is 12.8. The largest absolute Gasteiger partial charge is 0.342 e. The second kappa shape index (κ2) is 7.20. The number of piperazine rings is 1. The molecule has 3 saturated heterocycles. The highest BCUT2D eigenvalue weighted by Gasteiger charge is 2.38. The molecule has 1 aromatic rings. The molecule has 0 saturated carbocycles. The van der Waals surface area contributed by atoms with E-state index in [1.807, 2.05) is 9.80 Å². The molecule has 2 amide bonds. The van der Waals surface area contributed by atoms with Crippen LogP contribution < -0.4 is 10.2 Å². The summed E-state index contributed by atoms with van der Waals surface area (Å²) in [5.74, 6) is 0.243. The van der Waals surface area contributed by atoms with Crippen LogP contribution in [0.5, 0.6) is 0 Å². The Balaban J connectivity index is 1.28. The fourth-order valence-electron chi connectivity index (χ4n) is 3.90. The first-order valence-electron chi connectivity index (χ1n) is 8.93. The topological polar surface area (TPSA) is 94.6 Å². The fourth-order valence-corrected chi connectivity index (χ4v) is 4.41. The van der Waals surface area contributed by atoms with Gasteiger partial charge in [0.05, 0.1) is 12.0 Å². The molecule has 136 valence electrons. The Hall–Kier alpha value is -1.81. The Morgan fingerprint density at radius 3 is 2.40 bits per heavy atom. The van der Waals surface area contributed by atoms with Crippen molar-refractivity contribution >= 4 is 28.5 Å². The van der Waals surface area contributed by atoms with Crippen LogP contribution in [-0.2, 0) is 9.59 Å². The second-order valence-corrected chi connectivity index (χ2v) is 7.59. The van der Waals surface area contributed by atoms with Crippen LogP contribution in [0, 0.1) is 5.92 Å². The van der Waals surface area contributed by atoms with Crippen LogP contribution in [0.1, 0.15) is 19.3 Å². The molecule has 4 heterocycles. The average Bonchev–Trinajstić information content (AvgIpc) is 3.43. The monoisotopic (exact) mass is 365 g/mol. The fraction of sp³-hybridized carbons (Fsp3) is 0.800. The summed E-state index contributed by atoms with van der Waals surface area (Å²) < 4.78 is 3.79. The maximum absolute atomic E-state index is 12.8. The van der Waals surface area contributed by atoms with E-state index in [1.54, 1.807) is 0 Å². The predicted molar refractivity (Wildman–Crippen MR) is 92.2 cm³/mol. The number of nitrogens with zero attached hydrogens (tertiary/aromatic N) is 6. The van der Waals surface area contributed by atoms with Gasteiger partial charge in [-0.15, -0.1) is 0 Å². The highest BCUT2D eigenvalue weighted by Crippen LogP contribution is 2.22. The predicted octanol–water partition coefficient (Wildman–Crippen LogP) is -0.818. The SMILES string of the molecule is O=C([C@@H]1CN[C@H](C(=O)N2CCCC2)C1)N1CCN(c2nnns2)CC1. The Labute approximate surface area is 150 Å². The van der Waals surface area contributed by atoms with Gasteiger partial charge in [0, 0.05) is 57.3 Å². The highest BCUT2D eigenvalue weighted by molar-refractivity contribution is 7.09. The van der Waals surface area contributed by atoms with Gasteiger partial charge in [0.15, 0.2) is 0 Å². The number of hydrogen-bond acceptors (Lipinski definition) is 8. The van der Waals surface area contributed by atoms with Gasteiger partial charge in [-0.25, -0.2) is 0 Å². The van der Waals surface area contributed by atoms with E-state index in [9.17, 15) is 9.59 Å². The number of hydrogen-bond donors (Lipinski definition) is 1. The van der Waals surface area contributed by atoms with E-state index in [0.29, 0.717) is 26.1 Å². The lowest BCUT2D eigenvalue weighted by Crippen LogP contribution is -2.50. The van der Waals surface area contributed by atoms with Crippen LogP contribution >= 0.6 is 11.5 Å². The molecule has 0 spiro atoms. The number of carbonyl (C=O) groups excluding carboxylic acids is 2. The number of carbonyl (C=O) groups is 2. The molecule has 10 heteroatoms. The van der Waals surface area contributed by atoms with Crippen molar-refractivity contribution in [3.8, 4) is 0 Å². The van der Waals surface area contributed by atoms with Gasteiger partial charge >= 0.3 is 0 Å². The molecule has 3 fully saturated rings. The minimum Gasteiger partial charge on any atom is -0.342 e. The normalized spacial score (nSPS) is 27.1. The van der Waals surface area contributed by atoms with Crippen LogP contribution in [0.15, 0.2) is 0 Å². The molecule has 1 aromatic heterocycles. The third-order valence-electron chi connectivity index (χ3n) is 5.35. The quantitative estimate of drug-likeness (QED) is 0.748. The number of nitrogens with one attached hydrogen (secondary N) is 1. The molecule has 3 aliphatic rings. The Kier molecular flexibility index (Phi) is 4.80. The first-order valence-corrected chi connectivity index (χ1v) is 9.70. The minimum absolute atomic E-state index is 0.0914. The van der Waals surface area contributed by atoms with E-state index < -0.39 is 0 Å². The van der Waals surface area contributed by atoms with E-state index >= 15 is 0 Å². The van der Waals surface area contributed by atoms with Crippen molar-refractivity contribution in [2.75, 3.05) is 50.7 Å². The van der Waals surface area contributed by atoms with Gasteiger partial charge in [0.2, 0.25) is 16.9 Å². The standard InChI is InChI=1S/C15H23N7O2S/c23-13(21-5-7-22(8-6-21)15-17-18-19-25-15)11-9-12(16-10-11)14(24)20-3-1-2-4-20/h11-12,16H,1-10H2/t11-,12-/m0/s1. The average molecular weight is 365 g/mol. The summed E-state index contributed by atoms with van der Waals surface area (Å²) in [6.45, 7) is 5.18. The zero-order valence-electron chi connectivity index (χ0n) is 14.1.